The van der Waals surface area contributed by atoms with Crippen molar-refractivity contribution in [2.24, 2.45) is 5.73 Å². The Morgan fingerprint density at radius 3 is 2.76 bits per heavy atom. The number of imidazole rings is 1. The summed E-state index contributed by atoms with van der Waals surface area (Å²) in [6, 6.07) is 14.0. The molecular weight excluding hydrogens is 457 g/mol. The van der Waals surface area contributed by atoms with Crippen molar-refractivity contribution in [1.82, 2.24) is 24.4 Å². The lowest BCUT2D eigenvalue weighted by molar-refractivity contribution is -0.128. The van der Waals surface area contributed by atoms with E-state index in [1.807, 2.05) is 28.8 Å². The van der Waals surface area contributed by atoms with E-state index in [4.69, 9.17) is 27.3 Å². The summed E-state index contributed by atoms with van der Waals surface area (Å²) in [5.74, 6) is 0.634. The van der Waals surface area contributed by atoms with Crippen LogP contribution in [0.2, 0.25) is 5.02 Å². The van der Waals surface area contributed by atoms with E-state index >= 15 is 0 Å². The van der Waals surface area contributed by atoms with Crippen molar-refractivity contribution in [2.45, 2.75) is 19.0 Å². The van der Waals surface area contributed by atoms with Crippen molar-refractivity contribution >= 4 is 34.6 Å². The first-order valence-corrected chi connectivity index (χ1v) is 11.4. The van der Waals surface area contributed by atoms with Crippen LogP contribution in [-0.2, 0) is 11.3 Å². The third-order valence-electron chi connectivity index (χ3n) is 6.00. The molecule has 2 aromatic heterocycles. The summed E-state index contributed by atoms with van der Waals surface area (Å²) in [5.41, 5.74) is 8.09. The predicted molar refractivity (Wildman–Crippen MR) is 129 cm³/mol. The number of halogens is 2. The zero-order chi connectivity index (χ0) is 23.7. The number of hydrogen-bond donors (Lipinski definition) is 2. The van der Waals surface area contributed by atoms with Crippen molar-refractivity contribution < 1.29 is 9.18 Å². The number of aromatic nitrogens is 4. The first-order chi connectivity index (χ1) is 16.5. The van der Waals surface area contributed by atoms with Crippen LogP contribution in [0.15, 0.2) is 54.7 Å². The standard InChI is InChI=1S/C24H23ClFN7O/c25-18-7-3-2-6-17(18)22-30-20-13-29-24(28-12-15-5-1-4-8-19(15)26)31-23(20)33(22)16-9-10-32(14-16)21(34)11-27/h1-8,13,16H,9-12,14,27H2,(H,28,29,31). The number of nitrogens with one attached hydrogen (secondary N) is 1. The summed E-state index contributed by atoms with van der Waals surface area (Å²) in [6.45, 7) is 1.32. The Balaban J connectivity index is 1.55. The number of anilines is 1. The first-order valence-electron chi connectivity index (χ1n) is 11.0. The average Bonchev–Trinajstić information content (AvgIpc) is 3.48. The molecule has 1 fully saturated rings. The molecule has 5 rings (SSSR count). The smallest absolute Gasteiger partial charge is 0.236 e. The lowest BCUT2D eigenvalue weighted by Crippen LogP contribution is -2.34. The number of benzene rings is 2. The normalized spacial score (nSPS) is 15.7. The summed E-state index contributed by atoms with van der Waals surface area (Å²) in [6.07, 6.45) is 2.37. The van der Waals surface area contributed by atoms with Crippen molar-refractivity contribution in [1.29, 1.82) is 0 Å². The van der Waals surface area contributed by atoms with Crippen LogP contribution in [0.3, 0.4) is 0 Å². The van der Waals surface area contributed by atoms with Gasteiger partial charge in [-0.1, -0.05) is 41.9 Å². The molecule has 0 aliphatic carbocycles. The lowest BCUT2D eigenvalue weighted by atomic mass is 10.2. The first kappa shape index (κ1) is 22.2. The van der Waals surface area contributed by atoms with Gasteiger partial charge in [-0.25, -0.2) is 14.4 Å². The van der Waals surface area contributed by atoms with Gasteiger partial charge >= 0.3 is 0 Å². The summed E-state index contributed by atoms with van der Waals surface area (Å²) in [7, 11) is 0. The van der Waals surface area contributed by atoms with Gasteiger partial charge in [-0.05, 0) is 24.6 Å². The molecule has 1 aliphatic heterocycles. The molecule has 0 bridgehead atoms. The predicted octanol–water partition coefficient (Wildman–Crippen LogP) is 3.63. The second-order valence-corrected chi connectivity index (χ2v) is 8.53. The Morgan fingerprint density at radius 1 is 1.18 bits per heavy atom. The molecule has 1 unspecified atom stereocenters. The van der Waals surface area contributed by atoms with Gasteiger partial charge in [0.05, 0.1) is 23.8 Å². The van der Waals surface area contributed by atoms with Gasteiger partial charge in [0.2, 0.25) is 11.9 Å². The number of rotatable bonds is 6. The third kappa shape index (κ3) is 4.20. The Morgan fingerprint density at radius 2 is 1.97 bits per heavy atom. The number of nitrogens with zero attached hydrogens (tertiary/aromatic N) is 5. The molecule has 34 heavy (non-hydrogen) atoms. The molecule has 0 saturated carbocycles. The Bertz CT molecular complexity index is 1360. The molecule has 1 atom stereocenters. The third-order valence-corrected chi connectivity index (χ3v) is 6.33. The molecule has 0 radical (unpaired) electrons. The molecule has 174 valence electrons. The number of hydrogen-bond acceptors (Lipinski definition) is 6. The SMILES string of the molecule is NCC(=O)N1CCC(n2c(-c3ccccc3Cl)nc3cnc(NCc4ccccc4F)nc32)C1. The molecule has 8 nitrogen and oxygen atoms in total. The van der Waals surface area contributed by atoms with Crippen LogP contribution in [-0.4, -0.2) is 50.0 Å². The minimum atomic E-state index is -0.294. The van der Waals surface area contributed by atoms with E-state index in [2.05, 4.69) is 10.3 Å². The largest absolute Gasteiger partial charge is 0.350 e. The minimum absolute atomic E-state index is 0.0267. The quantitative estimate of drug-likeness (QED) is 0.438. The van der Waals surface area contributed by atoms with Gasteiger partial charge < -0.3 is 20.5 Å². The highest BCUT2D eigenvalue weighted by molar-refractivity contribution is 6.33. The molecule has 1 saturated heterocycles. The number of amides is 1. The summed E-state index contributed by atoms with van der Waals surface area (Å²) < 4.78 is 16.0. The van der Waals surface area contributed by atoms with E-state index in [0.29, 0.717) is 46.6 Å². The van der Waals surface area contributed by atoms with Crippen LogP contribution in [0, 0.1) is 5.82 Å². The molecular formula is C24H23ClFN7O. The van der Waals surface area contributed by atoms with E-state index in [9.17, 15) is 9.18 Å². The number of nitrogens with two attached hydrogens (primary N) is 1. The minimum Gasteiger partial charge on any atom is -0.350 e. The fourth-order valence-corrected chi connectivity index (χ4v) is 4.50. The van der Waals surface area contributed by atoms with Gasteiger partial charge in [0, 0.05) is 30.8 Å². The number of likely N-dealkylation sites (tertiary alicyclic amines) is 1. The van der Waals surface area contributed by atoms with Crippen molar-refractivity contribution in [3.63, 3.8) is 0 Å². The fraction of sp³-hybridized carbons (Fsp3) is 0.250. The molecule has 10 heteroatoms. The maximum atomic E-state index is 14.0. The highest BCUT2D eigenvalue weighted by Gasteiger charge is 2.31. The Hall–Kier alpha value is -3.56. The average molecular weight is 480 g/mol. The van der Waals surface area contributed by atoms with Gasteiger partial charge in [0.25, 0.3) is 0 Å². The highest BCUT2D eigenvalue weighted by Crippen LogP contribution is 2.35. The number of carbonyl (C=O) groups is 1. The Kier molecular flexibility index (Phi) is 6.12. The molecule has 1 aliphatic rings. The number of fused-ring (bicyclic) bond motifs is 1. The topological polar surface area (TPSA) is 102 Å². The second kappa shape index (κ2) is 9.36. The summed E-state index contributed by atoms with van der Waals surface area (Å²) in [4.78, 5) is 27.8. The van der Waals surface area contributed by atoms with Crippen molar-refractivity contribution in [3.05, 3.63) is 71.1 Å². The maximum absolute atomic E-state index is 14.0. The van der Waals surface area contributed by atoms with E-state index < -0.39 is 0 Å². The van der Waals surface area contributed by atoms with Gasteiger partial charge in [0.1, 0.15) is 17.2 Å². The van der Waals surface area contributed by atoms with Gasteiger partial charge in [0.15, 0.2) is 5.65 Å². The Labute approximate surface area is 200 Å². The monoisotopic (exact) mass is 479 g/mol. The summed E-state index contributed by atoms with van der Waals surface area (Å²) in [5, 5.41) is 3.67. The zero-order valence-electron chi connectivity index (χ0n) is 18.3. The molecule has 2 aromatic carbocycles. The van der Waals surface area contributed by atoms with E-state index in [1.54, 1.807) is 29.3 Å². The van der Waals surface area contributed by atoms with E-state index in [-0.39, 0.29) is 30.9 Å². The fourth-order valence-electron chi connectivity index (χ4n) is 4.28. The summed E-state index contributed by atoms with van der Waals surface area (Å²) >= 11 is 6.51. The second-order valence-electron chi connectivity index (χ2n) is 8.12. The zero-order valence-corrected chi connectivity index (χ0v) is 19.0. The van der Waals surface area contributed by atoms with Crippen LogP contribution in [0.4, 0.5) is 10.3 Å². The number of carbonyl (C=O) groups excluding carboxylic acids is 1. The molecule has 3 heterocycles. The van der Waals surface area contributed by atoms with Gasteiger partial charge in [-0.3, -0.25) is 4.79 Å². The van der Waals surface area contributed by atoms with Crippen molar-refractivity contribution in [2.75, 3.05) is 25.0 Å². The lowest BCUT2D eigenvalue weighted by Gasteiger charge is -2.19. The highest BCUT2D eigenvalue weighted by atomic mass is 35.5. The van der Waals surface area contributed by atoms with Gasteiger partial charge in [-0.2, -0.15) is 4.98 Å². The van der Waals surface area contributed by atoms with Gasteiger partial charge in [-0.15, -0.1) is 0 Å². The van der Waals surface area contributed by atoms with Crippen LogP contribution in [0.5, 0.6) is 0 Å². The van der Waals surface area contributed by atoms with Crippen LogP contribution in [0.25, 0.3) is 22.6 Å². The van der Waals surface area contributed by atoms with Crippen LogP contribution in [0.1, 0.15) is 18.0 Å². The van der Waals surface area contributed by atoms with Crippen LogP contribution < -0.4 is 11.1 Å². The van der Waals surface area contributed by atoms with E-state index in [1.165, 1.54) is 6.07 Å². The molecule has 0 spiro atoms. The van der Waals surface area contributed by atoms with Crippen molar-refractivity contribution in [3.8, 4) is 11.4 Å². The van der Waals surface area contributed by atoms with E-state index in [0.717, 1.165) is 12.0 Å². The molecule has 1 amide bonds. The molecule has 3 N–H and O–H groups in total. The maximum Gasteiger partial charge on any atom is 0.236 e. The van der Waals surface area contributed by atoms with Crippen LogP contribution >= 0.6 is 11.6 Å². The molecule has 4 aromatic rings.